The van der Waals surface area contributed by atoms with Crippen LogP contribution >= 0.6 is 0 Å². The molecule has 0 bridgehead atoms. The molecular formula is C18H26N2O3. The number of benzene rings is 1. The van der Waals surface area contributed by atoms with Crippen molar-refractivity contribution in [1.29, 1.82) is 0 Å². The monoisotopic (exact) mass is 318 g/mol. The van der Waals surface area contributed by atoms with E-state index in [9.17, 15) is 10.1 Å². The summed E-state index contributed by atoms with van der Waals surface area (Å²) in [6, 6.07) is 7.51. The molecule has 1 aromatic rings. The Morgan fingerprint density at radius 1 is 1.35 bits per heavy atom. The third kappa shape index (κ3) is 2.88. The molecule has 2 aliphatic rings. The number of rotatable bonds is 6. The molecule has 1 heterocycles. The van der Waals surface area contributed by atoms with Crippen molar-refractivity contribution in [3.05, 3.63) is 39.9 Å². The minimum absolute atomic E-state index is 0.157. The van der Waals surface area contributed by atoms with Crippen LogP contribution in [0.5, 0.6) is 0 Å². The van der Waals surface area contributed by atoms with Crippen LogP contribution < -0.4 is 0 Å². The smallest absolute Gasteiger partial charge is 0.269 e. The van der Waals surface area contributed by atoms with E-state index in [1.165, 1.54) is 0 Å². The summed E-state index contributed by atoms with van der Waals surface area (Å²) in [6.45, 7) is 9.60. The number of ether oxygens (including phenoxy) is 1. The molecule has 5 nitrogen and oxygen atoms in total. The first-order valence-electron chi connectivity index (χ1n) is 8.54. The van der Waals surface area contributed by atoms with Crippen LogP contribution in [0.4, 0.5) is 5.69 Å². The lowest BCUT2D eigenvalue weighted by molar-refractivity contribution is -0.384. The molecule has 3 rings (SSSR count). The molecule has 126 valence electrons. The van der Waals surface area contributed by atoms with Gasteiger partial charge >= 0.3 is 0 Å². The summed E-state index contributed by atoms with van der Waals surface area (Å²) < 4.78 is 5.92. The number of nitro groups is 1. The lowest BCUT2D eigenvalue weighted by Gasteiger charge is -2.58. The normalized spacial score (nSPS) is 28.4. The van der Waals surface area contributed by atoms with E-state index in [-0.39, 0.29) is 16.0 Å². The molecule has 0 spiro atoms. The quantitative estimate of drug-likeness (QED) is 0.594. The first-order chi connectivity index (χ1) is 10.9. The van der Waals surface area contributed by atoms with Crippen molar-refractivity contribution in [1.82, 2.24) is 4.90 Å². The van der Waals surface area contributed by atoms with Crippen LogP contribution in [-0.2, 0) is 11.3 Å². The first-order valence-corrected chi connectivity index (χ1v) is 8.54. The van der Waals surface area contributed by atoms with E-state index < -0.39 is 0 Å². The molecule has 23 heavy (non-hydrogen) atoms. The largest absolute Gasteiger partial charge is 0.377 e. The number of hydrogen-bond donors (Lipinski definition) is 0. The highest BCUT2D eigenvalue weighted by Crippen LogP contribution is 2.54. The average molecular weight is 318 g/mol. The van der Waals surface area contributed by atoms with E-state index in [2.05, 4.69) is 25.7 Å². The van der Waals surface area contributed by atoms with Crippen molar-refractivity contribution in [2.24, 2.45) is 11.3 Å². The third-order valence-corrected chi connectivity index (χ3v) is 5.48. The number of non-ortho nitro benzene ring substituents is 1. The van der Waals surface area contributed by atoms with E-state index >= 15 is 0 Å². The SMILES string of the molecule is CCCN(Cc1ccc([N+](=O)[O-])cc1)C1C2CCOC2C1(C)C. The zero-order chi connectivity index (χ0) is 16.6. The maximum Gasteiger partial charge on any atom is 0.269 e. The van der Waals surface area contributed by atoms with Gasteiger partial charge in [0, 0.05) is 42.7 Å². The van der Waals surface area contributed by atoms with Crippen LogP contribution in [-0.4, -0.2) is 35.1 Å². The summed E-state index contributed by atoms with van der Waals surface area (Å²) in [7, 11) is 0. The van der Waals surface area contributed by atoms with Crippen molar-refractivity contribution in [2.45, 2.75) is 52.3 Å². The first kappa shape index (κ1) is 16.4. The highest BCUT2D eigenvalue weighted by atomic mass is 16.6. The maximum absolute atomic E-state index is 10.8. The van der Waals surface area contributed by atoms with Crippen LogP contribution in [0.25, 0.3) is 0 Å². The Hall–Kier alpha value is -1.46. The lowest BCUT2D eigenvalue weighted by Crippen LogP contribution is -2.66. The summed E-state index contributed by atoms with van der Waals surface area (Å²) in [5.41, 5.74) is 1.48. The Kier molecular flexibility index (Phi) is 4.43. The van der Waals surface area contributed by atoms with Crippen molar-refractivity contribution >= 4 is 5.69 Å². The van der Waals surface area contributed by atoms with Gasteiger partial charge < -0.3 is 4.74 Å². The van der Waals surface area contributed by atoms with Gasteiger partial charge in [0.2, 0.25) is 0 Å². The summed E-state index contributed by atoms with van der Waals surface area (Å²) in [5.74, 6) is 0.634. The second-order valence-electron chi connectivity index (χ2n) is 7.40. The van der Waals surface area contributed by atoms with E-state index in [1.807, 2.05) is 12.1 Å². The Labute approximate surface area is 137 Å². The number of nitrogens with zero attached hydrogens (tertiary/aromatic N) is 2. The van der Waals surface area contributed by atoms with E-state index in [0.29, 0.717) is 18.1 Å². The van der Waals surface area contributed by atoms with Crippen molar-refractivity contribution in [3.63, 3.8) is 0 Å². The van der Waals surface area contributed by atoms with Gasteiger partial charge in [0.1, 0.15) is 0 Å². The van der Waals surface area contributed by atoms with Gasteiger partial charge in [-0.15, -0.1) is 0 Å². The molecule has 1 aliphatic carbocycles. The standard InChI is InChI=1S/C18H26N2O3/c1-4-10-19(12-13-5-7-14(8-6-13)20(21)22)16-15-9-11-23-17(15)18(16,2)3/h5-8,15-17H,4,9-12H2,1-3H3. The number of fused-ring (bicyclic) bond motifs is 1. The molecule has 5 heteroatoms. The summed E-state index contributed by atoms with van der Waals surface area (Å²) in [5, 5.41) is 10.8. The van der Waals surface area contributed by atoms with Gasteiger partial charge in [-0.3, -0.25) is 15.0 Å². The van der Waals surface area contributed by atoms with E-state index in [1.54, 1.807) is 12.1 Å². The Bertz CT molecular complexity index is 570. The molecule has 1 aliphatic heterocycles. The van der Waals surface area contributed by atoms with Crippen LogP contribution in [0, 0.1) is 21.4 Å². The molecule has 2 fully saturated rings. The van der Waals surface area contributed by atoms with Crippen LogP contribution in [0.1, 0.15) is 39.2 Å². The highest BCUT2D eigenvalue weighted by Gasteiger charge is 2.60. The van der Waals surface area contributed by atoms with Crippen LogP contribution in [0.3, 0.4) is 0 Å². The van der Waals surface area contributed by atoms with Gasteiger partial charge in [-0.2, -0.15) is 0 Å². The highest BCUT2D eigenvalue weighted by molar-refractivity contribution is 5.33. The van der Waals surface area contributed by atoms with Crippen LogP contribution in [0.2, 0.25) is 0 Å². The Morgan fingerprint density at radius 3 is 2.65 bits per heavy atom. The zero-order valence-electron chi connectivity index (χ0n) is 14.2. The van der Waals surface area contributed by atoms with Crippen molar-refractivity contribution < 1.29 is 9.66 Å². The molecule has 0 aromatic heterocycles. The minimum Gasteiger partial charge on any atom is -0.377 e. The molecule has 0 radical (unpaired) electrons. The van der Waals surface area contributed by atoms with Gasteiger partial charge in [0.25, 0.3) is 5.69 Å². The lowest BCUT2D eigenvalue weighted by atomic mass is 9.56. The summed E-state index contributed by atoms with van der Waals surface area (Å²) in [4.78, 5) is 13.0. The average Bonchev–Trinajstić information content (AvgIpc) is 2.94. The fourth-order valence-corrected chi connectivity index (χ4v) is 4.60. The van der Waals surface area contributed by atoms with Crippen LogP contribution in [0.15, 0.2) is 24.3 Å². The molecule has 1 saturated carbocycles. The van der Waals surface area contributed by atoms with Crippen molar-refractivity contribution in [3.8, 4) is 0 Å². The fraction of sp³-hybridized carbons (Fsp3) is 0.667. The summed E-state index contributed by atoms with van der Waals surface area (Å²) >= 11 is 0. The third-order valence-electron chi connectivity index (χ3n) is 5.48. The Morgan fingerprint density at radius 2 is 2.04 bits per heavy atom. The van der Waals surface area contributed by atoms with Gasteiger partial charge in [-0.25, -0.2) is 0 Å². The fourth-order valence-electron chi connectivity index (χ4n) is 4.60. The van der Waals surface area contributed by atoms with Gasteiger partial charge in [0.05, 0.1) is 11.0 Å². The molecule has 1 aromatic carbocycles. The number of hydrogen-bond acceptors (Lipinski definition) is 4. The zero-order valence-corrected chi connectivity index (χ0v) is 14.2. The predicted octanol–water partition coefficient (Wildman–Crippen LogP) is 3.62. The second-order valence-corrected chi connectivity index (χ2v) is 7.40. The minimum atomic E-state index is -0.344. The molecule has 0 N–H and O–H groups in total. The van der Waals surface area contributed by atoms with Gasteiger partial charge in [-0.05, 0) is 24.9 Å². The van der Waals surface area contributed by atoms with E-state index in [0.717, 1.165) is 38.1 Å². The maximum atomic E-state index is 10.8. The van der Waals surface area contributed by atoms with Gasteiger partial charge in [-0.1, -0.05) is 32.9 Å². The molecule has 1 saturated heterocycles. The topological polar surface area (TPSA) is 55.6 Å². The predicted molar refractivity (Wildman–Crippen MR) is 89.2 cm³/mol. The summed E-state index contributed by atoms with van der Waals surface area (Å²) in [6.07, 6.45) is 2.65. The number of nitro benzene ring substituents is 1. The second kappa shape index (κ2) is 6.21. The Balaban J connectivity index is 1.75. The molecular weight excluding hydrogens is 292 g/mol. The molecule has 3 atom stereocenters. The van der Waals surface area contributed by atoms with Crippen molar-refractivity contribution in [2.75, 3.05) is 13.2 Å². The molecule has 3 unspecified atom stereocenters. The van der Waals surface area contributed by atoms with E-state index in [4.69, 9.17) is 4.74 Å². The van der Waals surface area contributed by atoms with Gasteiger partial charge in [0.15, 0.2) is 0 Å². The molecule has 0 amide bonds.